The lowest BCUT2D eigenvalue weighted by Gasteiger charge is -2.31. The van der Waals surface area contributed by atoms with Gasteiger partial charge in [0.25, 0.3) is 0 Å². The van der Waals surface area contributed by atoms with E-state index < -0.39 is 27.9 Å². The highest BCUT2D eigenvalue weighted by Gasteiger charge is 2.38. The molecule has 0 spiro atoms. The molecule has 4 heterocycles. The summed E-state index contributed by atoms with van der Waals surface area (Å²) < 4.78 is 69.4. The molecule has 1 aliphatic heterocycles. The molecule has 10 nitrogen and oxygen atoms in total. The van der Waals surface area contributed by atoms with E-state index in [4.69, 9.17) is 0 Å². The lowest BCUT2D eigenvalue weighted by Crippen LogP contribution is -2.42. The van der Waals surface area contributed by atoms with Crippen molar-refractivity contribution in [3.8, 4) is 10.6 Å². The third-order valence-corrected chi connectivity index (χ3v) is 9.21. The van der Waals surface area contributed by atoms with Gasteiger partial charge in [-0.25, -0.2) is 23.4 Å². The summed E-state index contributed by atoms with van der Waals surface area (Å²) in [4.78, 5) is 12.5. The number of aryl methyl sites for hydroxylation is 1. The van der Waals surface area contributed by atoms with Crippen LogP contribution in [-0.2, 0) is 23.2 Å². The Hall–Kier alpha value is -2.62. The second kappa shape index (κ2) is 9.36. The SMILES string of the molecule is Cn1cc(S(=O)(=O)N2CCC(Nc3ncc(C(F)(F)F)c(-c4cnc(C(O)C5CC5)s4)n3)CC2)cn1. The molecule has 0 amide bonds. The smallest absolute Gasteiger partial charge is 0.386 e. The summed E-state index contributed by atoms with van der Waals surface area (Å²) in [7, 11) is -2.03. The topological polar surface area (TPSA) is 126 Å². The molecule has 194 valence electrons. The van der Waals surface area contributed by atoms with Gasteiger partial charge in [-0.15, -0.1) is 11.3 Å². The first-order chi connectivity index (χ1) is 17.0. The van der Waals surface area contributed by atoms with Crippen LogP contribution in [0.25, 0.3) is 10.6 Å². The zero-order valence-corrected chi connectivity index (χ0v) is 20.8. The molecule has 0 aromatic carbocycles. The van der Waals surface area contributed by atoms with Crippen molar-refractivity contribution in [3.63, 3.8) is 0 Å². The van der Waals surface area contributed by atoms with Crippen LogP contribution in [0.15, 0.2) is 29.7 Å². The van der Waals surface area contributed by atoms with Gasteiger partial charge >= 0.3 is 6.18 Å². The summed E-state index contributed by atoms with van der Waals surface area (Å²) in [5.41, 5.74) is -1.29. The molecular weight excluding hydrogens is 519 g/mol. The lowest BCUT2D eigenvalue weighted by molar-refractivity contribution is -0.137. The van der Waals surface area contributed by atoms with Crippen molar-refractivity contribution in [1.29, 1.82) is 0 Å². The summed E-state index contributed by atoms with van der Waals surface area (Å²) >= 11 is 0.991. The van der Waals surface area contributed by atoms with E-state index in [1.807, 2.05) is 0 Å². The highest BCUT2D eigenvalue weighted by atomic mass is 32.2. The molecule has 1 saturated heterocycles. The average Bonchev–Trinajstić information content (AvgIpc) is 3.39. The second-order valence-corrected chi connectivity index (χ2v) is 12.0. The number of piperidine rings is 1. The van der Waals surface area contributed by atoms with Gasteiger partial charge in [0.05, 0.1) is 16.8 Å². The fraction of sp³-hybridized carbons (Fsp3) is 0.524. The minimum absolute atomic E-state index is 0.0178. The first kappa shape index (κ1) is 25.0. The van der Waals surface area contributed by atoms with Crippen LogP contribution in [0.3, 0.4) is 0 Å². The minimum Gasteiger partial charge on any atom is -0.386 e. The monoisotopic (exact) mass is 543 g/mol. The molecular formula is C21H24F3N7O3S2. The molecule has 1 saturated carbocycles. The molecule has 0 bridgehead atoms. The van der Waals surface area contributed by atoms with Crippen LogP contribution in [0, 0.1) is 5.92 Å². The summed E-state index contributed by atoms with van der Waals surface area (Å²) in [6, 6.07) is -0.219. The Kier molecular flexibility index (Phi) is 6.51. The third-order valence-electron chi connectivity index (χ3n) is 6.28. The van der Waals surface area contributed by atoms with Crippen LogP contribution >= 0.6 is 11.3 Å². The van der Waals surface area contributed by atoms with E-state index in [0.717, 1.165) is 30.4 Å². The van der Waals surface area contributed by atoms with Crippen LogP contribution < -0.4 is 5.32 Å². The minimum atomic E-state index is -4.67. The molecule has 3 aromatic heterocycles. The van der Waals surface area contributed by atoms with Crippen molar-refractivity contribution in [2.24, 2.45) is 13.0 Å². The average molecular weight is 544 g/mol. The van der Waals surface area contributed by atoms with Crippen molar-refractivity contribution in [1.82, 2.24) is 29.0 Å². The summed E-state index contributed by atoms with van der Waals surface area (Å²) in [5, 5.41) is 17.6. The van der Waals surface area contributed by atoms with Gasteiger partial charge in [-0.3, -0.25) is 4.68 Å². The maximum atomic E-state index is 13.7. The lowest BCUT2D eigenvalue weighted by atomic mass is 10.1. The Morgan fingerprint density at radius 3 is 2.47 bits per heavy atom. The van der Waals surface area contributed by atoms with Crippen molar-refractivity contribution in [2.45, 2.75) is 48.9 Å². The number of thiazole rings is 1. The molecule has 1 atom stereocenters. The molecule has 3 aromatic rings. The van der Waals surface area contributed by atoms with Crippen molar-refractivity contribution < 1.29 is 26.7 Å². The van der Waals surface area contributed by atoms with E-state index in [0.29, 0.717) is 17.8 Å². The Morgan fingerprint density at radius 1 is 1.14 bits per heavy atom. The highest BCUT2D eigenvalue weighted by molar-refractivity contribution is 7.89. The van der Waals surface area contributed by atoms with Crippen LogP contribution in [0.2, 0.25) is 0 Å². The van der Waals surface area contributed by atoms with Gasteiger partial charge in [0.15, 0.2) is 0 Å². The van der Waals surface area contributed by atoms with Gasteiger partial charge in [0.2, 0.25) is 16.0 Å². The largest absolute Gasteiger partial charge is 0.420 e. The number of anilines is 1. The normalized spacial score (nSPS) is 18.9. The number of rotatable bonds is 7. The third kappa shape index (κ3) is 5.10. The molecule has 2 aliphatic rings. The first-order valence-corrected chi connectivity index (χ1v) is 13.6. The fourth-order valence-corrected chi connectivity index (χ4v) is 6.56. The number of alkyl halides is 3. The number of aromatic nitrogens is 5. The van der Waals surface area contributed by atoms with Gasteiger partial charge in [-0.2, -0.15) is 22.6 Å². The summed E-state index contributed by atoms with van der Waals surface area (Å²) in [6.07, 6.45) is 1.91. The quantitative estimate of drug-likeness (QED) is 0.466. The number of hydrogen-bond acceptors (Lipinski definition) is 9. The molecule has 2 N–H and O–H groups in total. The Bertz CT molecular complexity index is 1350. The second-order valence-electron chi connectivity index (χ2n) is 8.97. The number of sulfonamides is 1. The van der Waals surface area contributed by atoms with E-state index in [2.05, 4.69) is 25.4 Å². The molecule has 0 radical (unpaired) electrons. The van der Waals surface area contributed by atoms with Crippen molar-refractivity contribution >= 4 is 27.3 Å². The van der Waals surface area contributed by atoms with E-state index in [9.17, 15) is 26.7 Å². The van der Waals surface area contributed by atoms with Crippen LogP contribution in [0.5, 0.6) is 0 Å². The molecule has 36 heavy (non-hydrogen) atoms. The molecule has 1 unspecified atom stereocenters. The Balaban J connectivity index is 1.31. The Morgan fingerprint density at radius 2 is 1.86 bits per heavy atom. The predicted molar refractivity (Wildman–Crippen MR) is 124 cm³/mol. The number of hydrogen-bond donors (Lipinski definition) is 2. The number of aliphatic hydroxyl groups excluding tert-OH is 1. The standard InChI is InChI=1S/C21H24F3N7O3S2/c1-30-11-14(8-27-30)36(33,34)31-6-4-13(5-7-31)28-20-26-9-15(21(22,23)24)17(29-20)16-10-25-19(35-16)18(32)12-2-3-12/h8-13,18,32H,2-7H2,1H3,(H,26,28,29). The Labute approximate surface area is 209 Å². The predicted octanol–water partition coefficient (Wildman–Crippen LogP) is 3.06. The van der Waals surface area contributed by atoms with Gasteiger partial charge < -0.3 is 10.4 Å². The van der Waals surface area contributed by atoms with Gasteiger partial charge in [0, 0.05) is 44.8 Å². The summed E-state index contributed by atoms with van der Waals surface area (Å²) in [5.74, 6) is 0.116. The fourth-order valence-electron chi connectivity index (χ4n) is 4.10. The summed E-state index contributed by atoms with van der Waals surface area (Å²) in [6.45, 7) is 0.472. The number of nitrogens with one attached hydrogen (secondary N) is 1. The van der Waals surface area contributed by atoms with Gasteiger partial charge in [0.1, 0.15) is 21.6 Å². The van der Waals surface area contributed by atoms with E-state index in [-0.39, 0.29) is 46.5 Å². The molecule has 1 aliphatic carbocycles. The van der Waals surface area contributed by atoms with Gasteiger partial charge in [-0.1, -0.05) is 0 Å². The maximum Gasteiger partial charge on any atom is 0.420 e. The van der Waals surface area contributed by atoms with E-state index in [1.54, 1.807) is 7.05 Å². The van der Waals surface area contributed by atoms with Crippen LogP contribution in [-0.4, -0.2) is 61.7 Å². The zero-order chi connectivity index (χ0) is 25.7. The molecule has 2 fully saturated rings. The first-order valence-electron chi connectivity index (χ1n) is 11.4. The van der Waals surface area contributed by atoms with Gasteiger partial charge in [-0.05, 0) is 31.6 Å². The van der Waals surface area contributed by atoms with Crippen molar-refractivity contribution in [2.75, 3.05) is 18.4 Å². The van der Waals surface area contributed by atoms with E-state index in [1.165, 1.54) is 27.6 Å². The number of nitrogens with zero attached hydrogens (tertiary/aromatic N) is 6. The van der Waals surface area contributed by atoms with Crippen molar-refractivity contribution in [3.05, 3.63) is 35.4 Å². The number of aliphatic hydroxyl groups is 1. The van der Waals surface area contributed by atoms with E-state index >= 15 is 0 Å². The maximum absolute atomic E-state index is 13.7. The molecule has 5 rings (SSSR count). The van der Waals surface area contributed by atoms with Crippen LogP contribution in [0.1, 0.15) is 42.4 Å². The highest BCUT2D eigenvalue weighted by Crippen LogP contribution is 2.44. The number of halogens is 3. The molecule has 15 heteroatoms. The van der Waals surface area contributed by atoms with Crippen LogP contribution in [0.4, 0.5) is 19.1 Å². The zero-order valence-electron chi connectivity index (χ0n) is 19.2.